The largest absolute Gasteiger partial charge is 0.386 e. The Hall–Kier alpha value is -0.920. The highest BCUT2D eigenvalue weighted by atomic mass is 15.0. The van der Waals surface area contributed by atoms with Crippen LogP contribution in [0.2, 0.25) is 0 Å². The van der Waals surface area contributed by atoms with Gasteiger partial charge < -0.3 is 11.1 Å². The van der Waals surface area contributed by atoms with E-state index in [1.54, 1.807) is 0 Å². The molecule has 0 heterocycles. The zero-order chi connectivity index (χ0) is 6.85. The van der Waals surface area contributed by atoms with Crippen molar-refractivity contribution in [2.45, 2.75) is 12.8 Å². The summed E-state index contributed by atoms with van der Waals surface area (Å²) in [4.78, 5) is 0. The normalized spacial score (nSPS) is 16.9. The van der Waals surface area contributed by atoms with Crippen molar-refractivity contribution < 1.29 is 0 Å². The maximum Gasteiger partial charge on any atom is 0.0928 e. The lowest BCUT2D eigenvalue weighted by molar-refractivity contribution is 0.842. The molecule has 1 fully saturated rings. The molecule has 0 spiro atoms. The van der Waals surface area contributed by atoms with Crippen molar-refractivity contribution in [3.63, 3.8) is 0 Å². The maximum absolute atomic E-state index is 5.29. The first-order valence-electron chi connectivity index (χ1n) is 3.10. The monoisotopic (exact) mass is 124 g/mol. The van der Waals surface area contributed by atoms with Crippen LogP contribution < -0.4 is 11.1 Å². The Bertz CT molecular complexity index is 145. The Morgan fingerprint density at radius 1 is 1.44 bits per heavy atom. The molecule has 9 heavy (non-hydrogen) atoms. The van der Waals surface area contributed by atoms with Gasteiger partial charge in [-0.05, 0) is 18.8 Å². The van der Waals surface area contributed by atoms with Gasteiger partial charge >= 0.3 is 0 Å². The Balaban J connectivity index is 2.26. The molecular formula is C7H12N2. The van der Waals surface area contributed by atoms with Gasteiger partial charge in [0.2, 0.25) is 0 Å². The van der Waals surface area contributed by atoms with E-state index in [0.717, 1.165) is 5.70 Å². The minimum absolute atomic E-state index is 0.493. The number of hydrogen-bond donors (Lipinski definition) is 2. The Morgan fingerprint density at radius 2 is 2.00 bits per heavy atom. The van der Waals surface area contributed by atoms with Crippen molar-refractivity contribution in [2.24, 2.45) is 11.7 Å². The van der Waals surface area contributed by atoms with Crippen molar-refractivity contribution in [2.75, 3.05) is 0 Å². The molecule has 0 aromatic heterocycles. The summed E-state index contributed by atoms with van der Waals surface area (Å²) in [5, 5.41) is 2.89. The highest BCUT2D eigenvalue weighted by Crippen LogP contribution is 2.34. The summed E-state index contributed by atoms with van der Waals surface area (Å²) < 4.78 is 0. The molecule has 1 aliphatic rings. The third-order valence-electron chi connectivity index (χ3n) is 1.39. The molecule has 1 aliphatic carbocycles. The second-order valence-electron chi connectivity index (χ2n) is 2.45. The van der Waals surface area contributed by atoms with E-state index >= 15 is 0 Å². The van der Waals surface area contributed by atoms with E-state index in [1.807, 2.05) is 0 Å². The summed E-state index contributed by atoms with van der Waals surface area (Å²) in [7, 11) is 0. The first kappa shape index (κ1) is 6.20. The lowest BCUT2D eigenvalue weighted by Crippen LogP contribution is -2.18. The molecule has 0 aromatic carbocycles. The van der Waals surface area contributed by atoms with Crippen LogP contribution in [-0.4, -0.2) is 0 Å². The number of allylic oxidation sites excluding steroid dienone is 1. The predicted octanol–water partition coefficient (Wildman–Crippen LogP) is 0.930. The fraction of sp³-hybridized carbons (Fsp3) is 0.429. The van der Waals surface area contributed by atoms with Crippen molar-refractivity contribution in [3.8, 4) is 0 Å². The average Bonchev–Trinajstić information content (AvgIpc) is 2.40. The van der Waals surface area contributed by atoms with Crippen LogP contribution >= 0.6 is 0 Å². The fourth-order valence-electron chi connectivity index (χ4n) is 0.740. The Kier molecular flexibility index (Phi) is 1.47. The van der Waals surface area contributed by atoms with Crippen LogP contribution in [0.5, 0.6) is 0 Å². The van der Waals surface area contributed by atoms with E-state index < -0.39 is 0 Å². The average molecular weight is 124 g/mol. The summed E-state index contributed by atoms with van der Waals surface area (Å²) in [6.07, 6.45) is 2.50. The van der Waals surface area contributed by atoms with Gasteiger partial charge in [0, 0.05) is 5.70 Å². The molecule has 3 N–H and O–H groups in total. The summed E-state index contributed by atoms with van der Waals surface area (Å²) in [5.74, 6) is 1.15. The van der Waals surface area contributed by atoms with Crippen molar-refractivity contribution in [1.82, 2.24) is 5.32 Å². The molecule has 1 rings (SSSR count). The van der Waals surface area contributed by atoms with Gasteiger partial charge in [-0.2, -0.15) is 0 Å². The lowest BCUT2D eigenvalue weighted by Gasteiger charge is -2.05. The SMILES string of the molecule is C=C(N)NC(=C)C1CC1. The van der Waals surface area contributed by atoms with Gasteiger partial charge in [-0.15, -0.1) is 0 Å². The molecule has 0 radical (unpaired) electrons. The van der Waals surface area contributed by atoms with Gasteiger partial charge in [-0.25, -0.2) is 0 Å². The third-order valence-corrected chi connectivity index (χ3v) is 1.39. The molecule has 0 amide bonds. The predicted molar refractivity (Wildman–Crippen MR) is 38.3 cm³/mol. The quantitative estimate of drug-likeness (QED) is 0.587. The van der Waals surface area contributed by atoms with Crippen LogP contribution in [0.3, 0.4) is 0 Å². The lowest BCUT2D eigenvalue weighted by atomic mass is 10.3. The molecule has 50 valence electrons. The van der Waals surface area contributed by atoms with Crippen LogP contribution in [0.4, 0.5) is 0 Å². The molecule has 0 aromatic rings. The second kappa shape index (κ2) is 2.13. The molecule has 2 heteroatoms. The van der Waals surface area contributed by atoms with E-state index in [-0.39, 0.29) is 0 Å². The van der Waals surface area contributed by atoms with Crippen LogP contribution in [0.25, 0.3) is 0 Å². The maximum atomic E-state index is 5.29. The van der Waals surface area contributed by atoms with Crippen molar-refractivity contribution >= 4 is 0 Å². The smallest absolute Gasteiger partial charge is 0.0928 e. The van der Waals surface area contributed by atoms with Crippen molar-refractivity contribution in [1.29, 1.82) is 0 Å². The topological polar surface area (TPSA) is 38.0 Å². The van der Waals surface area contributed by atoms with Crippen LogP contribution in [-0.2, 0) is 0 Å². The molecule has 2 nitrogen and oxygen atoms in total. The molecule has 0 aliphatic heterocycles. The van der Waals surface area contributed by atoms with Gasteiger partial charge in [-0.3, -0.25) is 0 Å². The Labute approximate surface area is 55.4 Å². The second-order valence-corrected chi connectivity index (χ2v) is 2.45. The molecule has 0 atom stereocenters. The Morgan fingerprint density at radius 3 is 2.33 bits per heavy atom. The fourth-order valence-corrected chi connectivity index (χ4v) is 0.740. The minimum atomic E-state index is 0.493. The molecular weight excluding hydrogens is 112 g/mol. The highest BCUT2D eigenvalue weighted by molar-refractivity contribution is 5.10. The summed E-state index contributed by atoms with van der Waals surface area (Å²) in [5.41, 5.74) is 6.31. The van der Waals surface area contributed by atoms with Crippen LogP contribution in [0, 0.1) is 5.92 Å². The van der Waals surface area contributed by atoms with E-state index in [0.29, 0.717) is 11.7 Å². The van der Waals surface area contributed by atoms with Gasteiger partial charge in [0.1, 0.15) is 0 Å². The van der Waals surface area contributed by atoms with E-state index in [9.17, 15) is 0 Å². The molecule has 0 saturated heterocycles. The third kappa shape index (κ3) is 1.80. The van der Waals surface area contributed by atoms with E-state index in [4.69, 9.17) is 5.73 Å². The summed E-state index contributed by atoms with van der Waals surface area (Å²) in [6, 6.07) is 0. The number of hydrogen-bond acceptors (Lipinski definition) is 2. The number of rotatable bonds is 3. The van der Waals surface area contributed by atoms with Gasteiger partial charge in [0.25, 0.3) is 0 Å². The molecule has 0 unspecified atom stereocenters. The zero-order valence-electron chi connectivity index (χ0n) is 5.48. The van der Waals surface area contributed by atoms with E-state index in [1.165, 1.54) is 12.8 Å². The number of nitrogens with one attached hydrogen (secondary N) is 1. The summed E-state index contributed by atoms with van der Waals surface area (Å²) in [6.45, 7) is 7.32. The van der Waals surface area contributed by atoms with Crippen LogP contribution in [0.1, 0.15) is 12.8 Å². The highest BCUT2D eigenvalue weighted by Gasteiger charge is 2.24. The van der Waals surface area contributed by atoms with Gasteiger partial charge in [-0.1, -0.05) is 13.2 Å². The van der Waals surface area contributed by atoms with E-state index in [2.05, 4.69) is 18.5 Å². The standard InChI is InChI=1S/C7H12N2/c1-5(7-3-4-7)9-6(2)8/h7,9H,1-4,8H2. The number of nitrogens with two attached hydrogens (primary N) is 1. The zero-order valence-corrected chi connectivity index (χ0v) is 5.48. The first-order chi connectivity index (χ1) is 4.20. The van der Waals surface area contributed by atoms with Crippen molar-refractivity contribution in [3.05, 3.63) is 24.7 Å². The summed E-state index contributed by atoms with van der Waals surface area (Å²) >= 11 is 0. The molecule has 1 saturated carbocycles. The van der Waals surface area contributed by atoms with Crippen LogP contribution in [0.15, 0.2) is 24.7 Å². The van der Waals surface area contributed by atoms with Gasteiger partial charge in [0.15, 0.2) is 0 Å². The van der Waals surface area contributed by atoms with Gasteiger partial charge in [0.05, 0.1) is 5.82 Å². The minimum Gasteiger partial charge on any atom is -0.386 e. The first-order valence-corrected chi connectivity index (χ1v) is 3.10. The molecule has 0 bridgehead atoms.